The van der Waals surface area contributed by atoms with Crippen LogP contribution in [0.5, 0.6) is 0 Å². The van der Waals surface area contributed by atoms with E-state index in [-0.39, 0.29) is 59.5 Å². The molecule has 0 spiro atoms. The van der Waals surface area contributed by atoms with Crippen LogP contribution in [0, 0.1) is 43.9 Å². The highest BCUT2D eigenvalue weighted by Gasteiger charge is 2.38. The first-order valence-electron chi connectivity index (χ1n) is 33.7. The molecule has 0 N–H and O–H groups in total. The second-order valence-corrected chi connectivity index (χ2v) is 25.0. The highest BCUT2D eigenvalue weighted by atomic mass is 16.6. The van der Waals surface area contributed by atoms with Crippen LogP contribution in [0.4, 0.5) is 0 Å². The zero-order valence-corrected chi connectivity index (χ0v) is 59.0. The lowest BCUT2D eigenvalue weighted by atomic mass is 9.88. The number of carbonyl (C=O) groups is 9. The van der Waals surface area contributed by atoms with Crippen LogP contribution < -0.4 is 0 Å². The maximum Gasteiger partial charge on any atom is 0.338 e. The number of rotatable bonds is 30. The summed E-state index contributed by atoms with van der Waals surface area (Å²) in [6, 6.07) is 71.2. The summed E-state index contributed by atoms with van der Waals surface area (Å²) in [6.07, 6.45) is 1.33. The summed E-state index contributed by atoms with van der Waals surface area (Å²) in [6.45, 7) is 12.5. The van der Waals surface area contributed by atoms with Crippen LogP contribution in [0.25, 0.3) is 0 Å². The molecule has 0 saturated heterocycles. The van der Waals surface area contributed by atoms with Gasteiger partial charge in [0.1, 0.15) is 59.5 Å². The molecule has 0 aliphatic rings. The topological polar surface area (TPSA) is 237 Å². The monoisotopic (exact) mass is 1390 g/mol. The molecular weight excluding hydrogens is 1310 g/mol. The third kappa shape index (κ3) is 25.1. The second kappa shape index (κ2) is 39.9. The van der Waals surface area contributed by atoms with E-state index in [0.29, 0.717) is 69.3 Å². The van der Waals surface area contributed by atoms with E-state index in [4.69, 9.17) is 42.6 Å². The summed E-state index contributed by atoms with van der Waals surface area (Å²) in [5.74, 6) is -4.50. The van der Waals surface area contributed by atoms with Crippen molar-refractivity contribution in [3.05, 3.63) is 321 Å². The van der Waals surface area contributed by atoms with E-state index >= 15 is 0 Å². The maximum absolute atomic E-state index is 12.6. The van der Waals surface area contributed by atoms with Gasteiger partial charge in [-0.05, 0) is 156 Å². The quantitative estimate of drug-likeness (QED) is 0.0300. The fourth-order valence-corrected chi connectivity index (χ4v) is 9.72. The van der Waals surface area contributed by atoms with E-state index in [1.165, 1.54) is 0 Å². The Hall–Kier alpha value is -11.8. The molecule has 18 nitrogen and oxygen atoms in total. The van der Waals surface area contributed by atoms with Crippen LogP contribution >= 0.6 is 0 Å². The van der Waals surface area contributed by atoms with E-state index < -0.39 is 70.0 Å². The van der Waals surface area contributed by atoms with E-state index in [1.807, 2.05) is 97.0 Å². The third-order valence-electron chi connectivity index (χ3n) is 17.0. The summed E-state index contributed by atoms with van der Waals surface area (Å²) < 4.78 is 50.2. The summed E-state index contributed by atoms with van der Waals surface area (Å²) in [7, 11) is 0. The molecule has 0 aromatic heterocycles. The fraction of sp³-hybridized carbons (Fsp3) is 0.259. The average Bonchev–Trinajstić information content (AvgIpc) is 0.853. The van der Waals surface area contributed by atoms with Crippen molar-refractivity contribution in [2.45, 2.75) is 67.7 Å². The predicted octanol–water partition coefficient (Wildman–Crippen LogP) is 16.1. The normalized spacial score (nSPS) is 10.9. The molecule has 534 valence electrons. The Morgan fingerprint density at radius 2 is 0.369 bits per heavy atom. The molecule has 0 fully saturated rings. The Bertz CT molecular complexity index is 4030. The van der Waals surface area contributed by atoms with Crippen molar-refractivity contribution in [3.8, 4) is 0 Å². The lowest BCUT2D eigenvalue weighted by Gasteiger charge is -2.31. The van der Waals surface area contributed by atoms with Crippen molar-refractivity contribution < 1.29 is 85.8 Å². The van der Waals surface area contributed by atoms with Crippen molar-refractivity contribution in [1.82, 2.24) is 0 Å². The van der Waals surface area contributed by atoms with Gasteiger partial charge in [-0.25, -0.2) is 43.2 Å². The predicted molar refractivity (Wildman–Crippen MR) is 388 cm³/mol. The molecule has 18 heteroatoms. The van der Waals surface area contributed by atoms with Gasteiger partial charge >= 0.3 is 53.7 Å². The van der Waals surface area contributed by atoms with Crippen LogP contribution in [0.3, 0.4) is 0 Å². The Morgan fingerprint density at radius 1 is 0.204 bits per heavy atom. The van der Waals surface area contributed by atoms with Crippen LogP contribution in [0.2, 0.25) is 0 Å². The molecule has 9 rings (SSSR count). The first-order valence-corrected chi connectivity index (χ1v) is 33.7. The van der Waals surface area contributed by atoms with Crippen LogP contribution in [-0.4, -0.2) is 113 Å². The molecular formula is C85H86O18. The van der Waals surface area contributed by atoms with Gasteiger partial charge in [-0.15, -0.1) is 0 Å². The molecule has 0 bridgehead atoms. The van der Waals surface area contributed by atoms with Crippen LogP contribution in [0.15, 0.2) is 249 Å². The van der Waals surface area contributed by atoms with Gasteiger partial charge in [-0.2, -0.15) is 0 Å². The van der Waals surface area contributed by atoms with Gasteiger partial charge in [-0.3, -0.25) is 0 Å². The Kier molecular flexibility index (Phi) is 30.4. The van der Waals surface area contributed by atoms with Crippen molar-refractivity contribution in [2.75, 3.05) is 59.5 Å². The number of aryl methyl sites for hydroxylation is 4. The Balaban J connectivity index is 0.000000216. The Morgan fingerprint density at radius 3 is 0.544 bits per heavy atom. The number of esters is 9. The zero-order chi connectivity index (χ0) is 74.0. The van der Waals surface area contributed by atoms with Gasteiger partial charge < -0.3 is 42.6 Å². The molecule has 0 unspecified atom stereocenters. The molecule has 0 heterocycles. The minimum absolute atomic E-state index is 0.0829. The van der Waals surface area contributed by atoms with Gasteiger partial charge in [0, 0.05) is 0 Å². The standard InChI is InChI=1S/C29H30O6.2C28H28O6/c1-4-29(18-33-26(30)23-8-6-5-7-9-23,19-34-27(31)24-14-10-21(2)11-15-24)20-35-28(32)25-16-12-22(3)13-17-25;1-3-28(18-32-25(29)22-12-6-4-7-13-22,19-33-26(30)23-14-8-5-9-15-23)20-34-27(31)24-16-10-11-21(2)17-24;1-3-28(18-32-25(29)22-10-6-4-7-11-22,19-33-26(30)23-12-8-5-9-13-23)20-34-27(31)24-16-14-21(2)15-17-24/h5-17H,4,18-20H2,1-3H3;2*4-17H,3,18-20H2,1-2H3. The lowest BCUT2D eigenvalue weighted by Crippen LogP contribution is -2.39. The van der Waals surface area contributed by atoms with Crippen molar-refractivity contribution in [2.24, 2.45) is 16.2 Å². The van der Waals surface area contributed by atoms with Gasteiger partial charge in [-0.1, -0.05) is 183 Å². The average molecular weight is 1400 g/mol. The first kappa shape index (κ1) is 78.5. The van der Waals surface area contributed by atoms with E-state index in [0.717, 1.165) is 22.3 Å². The maximum atomic E-state index is 12.6. The van der Waals surface area contributed by atoms with E-state index in [9.17, 15) is 43.2 Å². The van der Waals surface area contributed by atoms with Crippen molar-refractivity contribution in [1.29, 1.82) is 0 Å². The molecule has 0 saturated carbocycles. The Labute approximate surface area is 601 Å². The molecule has 0 amide bonds. The van der Waals surface area contributed by atoms with Gasteiger partial charge in [0.15, 0.2) is 0 Å². The summed E-state index contributed by atoms with van der Waals surface area (Å²) >= 11 is 0. The number of benzene rings is 9. The van der Waals surface area contributed by atoms with E-state index in [1.54, 1.807) is 200 Å². The molecule has 0 radical (unpaired) electrons. The van der Waals surface area contributed by atoms with Crippen molar-refractivity contribution >= 4 is 53.7 Å². The summed E-state index contributed by atoms with van der Waals surface area (Å²) in [4.78, 5) is 113. The van der Waals surface area contributed by atoms with E-state index in [2.05, 4.69) is 0 Å². The third-order valence-corrected chi connectivity index (χ3v) is 17.0. The number of hydrogen-bond donors (Lipinski definition) is 0. The highest BCUT2D eigenvalue weighted by Crippen LogP contribution is 2.30. The molecule has 9 aromatic rings. The largest absolute Gasteiger partial charge is 0.461 e. The van der Waals surface area contributed by atoms with Gasteiger partial charge in [0.2, 0.25) is 0 Å². The molecule has 0 atom stereocenters. The van der Waals surface area contributed by atoms with Crippen molar-refractivity contribution in [3.63, 3.8) is 0 Å². The minimum Gasteiger partial charge on any atom is -0.461 e. The zero-order valence-electron chi connectivity index (χ0n) is 59.0. The summed E-state index contributed by atoms with van der Waals surface area (Å²) in [5.41, 5.74) is 5.00. The molecule has 0 aliphatic heterocycles. The number of carbonyl (C=O) groups excluding carboxylic acids is 9. The number of ether oxygens (including phenoxy) is 9. The first-order chi connectivity index (χ1) is 49.7. The van der Waals surface area contributed by atoms with Crippen LogP contribution in [0.1, 0.15) is 156 Å². The van der Waals surface area contributed by atoms with Crippen LogP contribution in [-0.2, 0) is 42.6 Å². The summed E-state index contributed by atoms with van der Waals surface area (Å²) in [5, 5.41) is 0. The number of hydrogen-bond acceptors (Lipinski definition) is 18. The minimum atomic E-state index is -0.912. The van der Waals surface area contributed by atoms with Gasteiger partial charge in [0.05, 0.1) is 66.3 Å². The van der Waals surface area contributed by atoms with Gasteiger partial charge in [0.25, 0.3) is 0 Å². The molecule has 0 aliphatic carbocycles. The lowest BCUT2D eigenvalue weighted by molar-refractivity contribution is -0.0394. The molecule has 103 heavy (non-hydrogen) atoms. The smallest absolute Gasteiger partial charge is 0.338 e. The fourth-order valence-electron chi connectivity index (χ4n) is 9.72. The second-order valence-electron chi connectivity index (χ2n) is 25.0. The SMILES string of the molecule is CCC(COC(=O)c1ccccc1)(COC(=O)c1ccc(C)cc1)COC(=O)c1ccc(C)cc1.CCC(COC(=O)c1ccccc1)(COC(=O)c1ccccc1)COC(=O)c1ccc(C)cc1.CCC(COC(=O)c1ccccc1)(COC(=O)c1ccccc1)COC(=O)c1cccc(C)c1. The molecule has 9 aromatic carbocycles. The highest BCUT2D eigenvalue weighted by molar-refractivity contribution is 5.93.